The summed E-state index contributed by atoms with van der Waals surface area (Å²) in [5.41, 5.74) is 2.36. The summed E-state index contributed by atoms with van der Waals surface area (Å²) in [6.07, 6.45) is 2.78. The molecule has 21 nitrogen and oxygen atoms in total. The Morgan fingerprint density at radius 1 is 0.928 bits per heavy atom. The lowest BCUT2D eigenvalue weighted by Crippen LogP contribution is -2.54. The molecule has 3 aliphatic rings. The first-order valence-corrected chi connectivity index (χ1v) is 23.6. The van der Waals surface area contributed by atoms with E-state index in [4.69, 9.17) is 18.9 Å². The number of fused-ring (bicyclic) bond motifs is 2. The molecule has 1 fully saturated rings. The van der Waals surface area contributed by atoms with E-state index in [0.29, 0.717) is 68.8 Å². The van der Waals surface area contributed by atoms with Gasteiger partial charge in [-0.1, -0.05) is 11.3 Å². The standard InChI is InChI=1S/C45H49F2N11O10S/c1-27(2)57-15-19-68-41-33(46)22-28(23-37(41)57)40-34(47)24-49-45(53-40)51-29-6-8-31(9-7-29)69(63,64)50-13-17-67-26-30-25-56(55-54-30)14-18-66-21-20-65-16-12-48-35-5-3-4-32-39(35)44(62)58(43(32)61)36-10-11-38(59)52-42(36)60/h3-9,22-25,27,36,48,50H,10-21,26H2,1-2H3,(H,49,51,53)(H,52,59,60). The topological polar surface area (TPSA) is 250 Å². The lowest BCUT2D eigenvalue weighted by molar-refractivity contribution is -0.136. The second-order valence-electron chi connectivity index (χ2n) is 16.2. The number of sulfonamides is 1. The maximum Gasteiger partial charge on any atom is 0.264 e. The van der Waals surface area contributed by atoms with Gasteiger partial charge in [-0.2, -0.15) is 0 Å². The van der Waals surface area contributed by atoms with Gasteiger partial charge in [0, 0.05) is 42.5 Å². The second kappa shape index (κ2) is 21.5. The molecule has 4 N–H and O–H groups in total. The molecule has 0 aliphatic carbocycles. The Labute approximate surface area is 394 Å². The predicted molar refractivity (Wildman–Crippen MR) is 243 cm³/mol. The maximum absolute atomic E-state index is 15.1. The Balaban J connectivity index is 0.701. The number of halogens is 2. The van der Waals surface area contributed by atoms with E-state index in [1.165, 1.54) is 36.4 Å². The fourth-order valence-corrected chi connectivity index (χ4v) is 8.89. The number of hydrogen-bond acceptors (Lipinski definition) is 17. The average Bonchev–Trinajstić information content (AvgIpc) is 3.89. The van der Waals surface area contributed by atoms with Crippen molar-refractivity contribution in [3.05, 3.63) is 95.4 Å². The molecule has 0 saturated carbocycles. The molecule has 0 spiro atoms. The van der Waals surface area contributed by atoms with Crippen molar-refractivity contribution in [1.82, 2.24) is 39.9 Å². The lowest BCUT2D eigenvalue weighted by Gasteiger charge is -2.34. The highest BCUT2D eigenvalue weighted by Gasteiger charge is 2.45. The third-order valence-electron chi connectivity index (χ3n) is 11.2. The molecule has 8 rings (SSSR count). The lowest BCUT2D eigenvalue weighted by atomic mass is 10.0. The van der Waals surface area contributed by atoms with E-state index in [2.05, 4.69) is 41.0 Å². The summed E-state index contributed by atoms with van der Waals surface area (Å²) in [5.74, 6) is -3.54. The summed E-state index contributed by atoms with van der Waals surface area (Å²) in [6.45, 7) is 6.90. The molecular formula is C45H49F2N11O10S. The van der Waals surface area contributed by atoms with Gasteiger partial charge in [0.05, 0.1) is 86.8 Å². The monoisotopic (exact) mass is 973 g/mol. The highest BCUT2D eigenvalue weighted by atomic mass is 32.2. The highest BCUT2D eigenvalue weighted by molar-refractivity contribution is 7.89. The highest BCUT2D eigenvalue weighted by Crippen LogP contribution is 2.39. The van der Waals surface area contributed by atoms with Crippen molar-refractivity contribution in [3.63, 3.8) is 0 Å². The number of nitrogens with one attached hydrogen (secondary N) is 4. The first-order chi connectivity index (χ1) is 33.3. The van der Waals surface area contributed by atoms with E-state index in [0.717, 1.165) is 11.1 Å². The van der Waals surface area contributed by atoms with E-state index < -0.39 is 51.3 Å². The van der Waals surface area contributed by atoms with Crippen molar-refractivity contribution < 1.29 is 55.3 Å². The zero-order valence-electron chi connectivity index (χ0n) is 37.6. The summed E-state index contributed by atoms with van der Waals surface area (Å²) in [7, 11) is -3.90. The quantitative estimate of drug-likeness (QED) is 0.0573. The van der Waals surface area contributed by atoms with Crippen molar-refractivity contribution in [3.8, 4) is 17.0 Å². The van der Waals surface area contributed by atoms with Crippen LogP contribution in [0.25, 0.3) is 11.3 Å². The summed E-state index contributed by atoms with van der Waals surface area (Å²) >= 11 is 0. The number of aromatic nitrogens is 5. The molecule has 1 unspecified atom stereocenters. The van der Waals surface area contributed by atoms with Gasteiger partial charge in [-0.25, -0.2) is 36.6 Å². The number of nitrogens with zero attached hydrogens (tertiary/aromatic N) is 7. The third-order valence-corrected chi connectivity index (χ3v) is 12.7. The minimum absolute atomic E-state index is 0.00372. The van der Waals surface area contributed by atoms with E-state index in [9.17, 15) is 27.6 Å². The van der Waals surface area contributed by atoms with E-state index in [1.54, 1.807) is 29.1 Å². The Morgan fingerprint density at radius 3 is 2.49 bits per heavy atom. The molecule has 24 heteroatoms. The van der Waals surface area contributed by atoms with Crippen LogP contribution in [0, 0.1) is 11.6 Å². The molecule has 3 aromatic carbocycles. The van der Waals surface area contributed by atoms with Crippen LogP contribution >= 0.6 is 0 Å². The molecule has 364 valence electrons. The molecular weight excluding hydrogens is 925 g/mol. The van der Waals surface area contributed by atoms with Gasteiger partial charge in [-0.05, 0) is 68.8 Å². The number of carbonyl (C=O) groups is 4. The van der Waals surface area contributed by atoms with Crippen LogP contribution in [0.1, 0.15) is 53.1 Å². The molecule has 2 aromatic heterocycles. The molecule has 0 bridgehead atoms. The van der Waals surface area contributed by atoms with Crippen molar-refractivity contribution in [2.75, 3.05) is 74.8 Å². The number of ether oxygens (including phenoxy) is 4. The molecule has 3 aliphatic heterocycles. The summed E-state index contributed by atoms with van der Waals surface area (Å²) < 4.78 is 82.6. The molecule has 0 radical (unpaired) electrons. The summed E-state index contributed by atoms with van der Waals surface area (Å²) in [6, 6.07) is 12.4. The number of piperidine rings is 1. The molecule has 4 amide bonds. The van der Waals surface area contributed by atoms with Gasteiger partial charge in [0.15, 0.2) is 17.4 Å². The molecule has 69 heavy (non-hydrogen) atoms. The first-order valence-electron chi connectivity index (χ1n) is 22.1. The zero-order chi connectivity index (χ0) is 48.7. The average molecular weight is 974 g/mol. The summed E-state index contributed by atoms with van der Waals surface area (Å²) in [5, 5.41) is 16.4. The van der Waals surface area contributed by atoms with Gasteiger partial charge in [0.1, 0.15) is 24.0 Å². The summed E-state index contributed by atoms with van der Waals surface area (Å²) in [4.78, 5) is 61.4. The number of benzene rings is 3. The van der Waals surface area contributed by atoms with Crippen LogP contribution in [0.4, 0.5) is 31.8 Å². The van der Waals surface area contributed by atoms with E-state index >= 15 is 8.78 Å². The number of rotatable bonds is 22. The number of amides is 4. The van der Waals surface area contributed by atoms with Gasteiger partial charge in [0.25, 0.3) is 11.8 Å². The van der Waals surface area contributed by atoms with Crippen LogP contribution in [0.15, 0.2) is 71.9 Å². The normalized spacial score (nSPS) is 15.9. The molecule has 5 heterocycles. The number of anilines is 4. The largest absolute Gasteiger partial charge is 0.486 e. The van der Waals surface area contributed by atoms with E-state index in [-0.39, 0.29) is 84.2 Å². The number of hydrogen-bond donors (Lipinski definition) is 4. The third kappa shape index (κ3) is 11.3. The van der Waals surface area contributed by atoms with Crippen LogP contribution < -0.4 is 30.3 Å². The molecule has 5 aromatic rings. The van der Waals surface area contributed by atoms with Crippen LogP contribution in [-0.2, 0) is 47.0 Å². The van der Waals surface area contributed by atoms with Crippen LogP contribution in [0.3, 0.4) is 0 Å². The van der Waals surface area contributed by atoms with Gasteiger partial charge >= 0.3 is 0 Å². The van der Waals surface area contributed by atoms with Gasteiger partial charge in [-0.3, -0.25) is 29.4 Å². The number of imide groups is 2. The van der Waals surface area contributed by atoms with Gasteiger partial charge in [0.2, 0.25) is 27.8 Å². The Morgan fingerprint density at radius 2 is 1.71 bits per heavy atom. The maximum atomic E-state index is 15.1. The van der Waals surface area contributed by atoms with Crippen molar-refractivity contribution in [2.24, 2.45) is 0 Å². The van der Waals surface area contributed by atoms with Crippen LogP contribution in [-0.4, -0.2) is 133 Å². The Bertz CT molecular complexity index is 2830. The second-order valence-corrected chi connectivity index (χ2v) is 18.0. The Kier molecular flexibility index (Phi) is 15.1. The van der Waals surface area contributed by atoms with Crippen LogP contribution in [0.5, 0.6) is 5.75 Å². The van der Waals surface area contributed by atoms with Crippen LogP contribution in [0.2, 0.25) is 0 Å². The van der Waals surface area contributed by atoms with E-state index in [1.807, 2.05) is 18.7 Å². The van der Waals surface area contributed by atoms with Gasteiger partial charge < -0.3 is 34.5 Å². The molecule has 1 atom stereocenters. The fourth-order valence-electron chi connectivity index (χ4n) is 7.87. The van der Waals surface area contributed by atoms with Crippen molar-refractivity contribution >= 4 is 56.7 Å². The first kappa shape index (κ1) is 48.5. The number of carbonyl (C=O) groups excluding carboxylic acids is 4. The predicted octanol–water partition coefficient (Wildman–Crippen LogP) is 3.41. The minimum Gasteiger partial charge on any atom is -0.486 e. The van der Waals surface area contributed by atoms with Gasteiger partial charge in [-0.15, -0.1) is 5.10 Å². The fraction of sp³-hybridized carbons (Fsp3) is 0.378. The zero-order valence-corrected chi connectivity index (χ0v) is 38.4. The smallest absolute Gasteiger partial charge is 0.264 e. The minimum atomic E-state index is -3.90. The Hall–Kier alpha value is -6.99. The SMILES string of the molecule is CC(C)N1CCOc2c(F)cc(-c3nc(Nc4ccc(S(=O)(=O)NCCOCc5cn(CCOCCOCCNc6cccc7c6C(=O)N(C6CCC(=O)NC6=O)C7=O)nn5)cc4)ncc3F)cc21. The molecule has 1 saturated heterocycles. The van der Waals surface area contributed by atoms with Crippen molar-refractivity contribution in [1.29, 1.82) is 0 Å². The van der Waals surface area contributed by atoms with Crippen molar-refractivity contribution in [2.45, 2.75) is 56.8 Å².